The number of nitro benzene ring substituents is 1. The van der Waals surface area contributed by atoms with E-state index in [1.54, 1.807) is 6.92 Å². The Balaban J connectivity index is 2.13. The summed E-state index contributed by atoms with van der Waals surface area (Å²) in [5.41, 5.74) is -0.559. The average molecular weight is 485 g/mol. The summed E-state index contributed by atoms with van der Waals surface area (Å²) < 4.78 is 10.7. The Morgan fingerprint density at radius 3 is 2.59 bits per heavy atom. The number of benzene rings is 1. The number of amides is 1. The first kappa shape index (κ1) is 25.6. The van der Waals surface area contributed by atoms with Crippen molar-refractivity contribution in [1.82, 2.24) is 15.5 Å². The van der Waals surface area contributed by atoms with Crippen LogP contribution in [0.1, 0.15) is 62.3 Å². The minimum Gasteiger partial charge on any atom is -0.451 e. The molecule has 0 aliphatic carbocycles. The van der Waals surface area contributed by atoms with Gasteiger partial charge in [0.1, 0.15) is 6.04 Å². The fourth-order valence-corrected chi connectivity index (χ4v) is 3.27. The number of esters is 1. The van der Waals surface area contributed by atoms with Gasteiger partial charge in [-0.15, -0.1) is 0 Å². The van der Waals surface area contributed by atoms with Gasteiger partial charge in [-0.05, 0) is 31.4 Å². The van der Waals surface area contributed by atoms with Gasteiger partial charge in [0.25, 0.3) is 17.5 Å². The molecule has 1 amide bonds. The van der Waals surface area contributed by atoms with Gasteiger partial charge in [-0.1, -0.05) is 37.5 Å². The molecule has 32 heavy (non-hydrogen) atoms. The summed E-state index contributed by atoms with van der Waals surface area (Å²) in [6, 6.07) is 2.52. The molecule has 1 aromatic carbocycles. The van der Waals surface area contributed by atoms with E-state index in [4.69, 9.17) is 20.9 Å². The number of carbonyl (C=O) groups is 2. The van der Waals surface area contributed by atoms with Gasteiger partial charge >= 0.3 is 5.97 Å². The maximum Gasteiger partial charge on any atom is 0.329 e. The summed E-state index contributed by atoms with van der Waals surface area (Å²) in [5, 5.41) is 17.3. The molecule has 12 heteroatoms. The van der Waals surface area contributed by atoms with Crippen molar-refractivity contribution in [1.29, 1.82) is 0 Å². The Bertz CT molecular complexity index is 991. The maximum absolute atomic E-state index is 12.8. The summed E-state index contributed by atoms with van der Waals surface area (Å²) in [4.78, 5) is 40.0. The monoisotopic (exact) mass is 484 g/mol. The molecule has 0 fully saturated rings. The fraction of sp³-hybridized carbons (Fsp3) is 0.500. The Morgan fingerprint density at radius 1 is 1.38 bits per heavy atom. The molecule has 0 bridgehead atoms. The number of non-ortho nitro benzene ring substituents is 1. The zero-order valence-electron chi connectivity index (χ0n) is 18.4. The number of hydrogen-bond acceptors (Lipinski definition) is 9. The lowest BCUT2D eigenvalue weighted by Crippen LogP contribution is -2.42. The molecule has 0 aliphatic heterocycles. The number of hydrogen-bond donors (Lipinski definition) is 1. The predicted octanol–water partition coefficient (Wildman–Crippen LogP) is 4.08. The van der Waals surface area contributed by atoms with Crippen molar-refractivity contribution >= 4 is 40.9 Å². The van der Waals surface area contributed by atoms with Crippen molar-refractivity contribution in [2.45, 2.75) is 51.7 Å². The Kier molecular flexibility index (Phi) is 8.62. The summed E-state index contributed by atoms with van der Waals surface area (Å²) in [6.45, 7) is 7.37. The lowest BCUT2D eigenvalue weighted by molar-refractivity contribution is -0.384. The normalized spacial score (nSPS) is 13.3. The zero-order valence-corrected chi connectivity index (χ0v) is 20.0. The molecule has 2 atom stereocenters. The van der Waals surface area contributed by atoms with Crippen molar-refractivity contribution in [3.63, 3.8) is 0 Å². The number of rotatable bonds is 9. The lowest BCUT2D eigenvalue weighted by Gasteiger charge is -2.19. The molecule has 1 heterocycles. The Hall–Kier alpha value is -2.66. The van der Waals surface area contributed by atoms with Gasteiger partial charge in [-0.3, -0.25) is 14.9 Å². The molecule has 0 radical (unpaired) electrons. The van der Waals surface area contributed by atoms with E-state index < -0.39 is 28.9 Å². The second-order valence-electron chi connectivity index (χ2n) is 8.01. The number of nitrogens with zero attached hydrogens (tertiary/aromatic N) is 3. The highest BCUT2D eigenvalue weighted by Gasteiger charge is 2.29. The van der Waals surface area contributed by atoms with Crippen LogP contribution in [0.3, 0.4) is 0 Å². The van der Waals surface area contributed by atoms with Gasteiger partial charge in [0.15, 0.2) is 11.9 Å². The second kappa shape index (κ2) is 10.8. The number of aromatic nitrogens is 2. The molecule has 0 unspecified atom stereocenters. The minimum atomic E-state index is -0.964. The lowest BCUT2D eigenvalue weighted by atomic mass is 9.96. The molecule has 1 N–H and O–H groups in total. The van der Waals surface area contributed by atoms with Crippen LogP contribution in [0.2, 0.25) is 5.02 Å². The molecule has 0 aliphatic rings. The number of nitrogens with one attached hydrogen (secondary N) is 1. The van der Waals surface area contributed by atoms with Gasteiger partial charge in [-0.25, -0.2) is 4.79 Å². The molecule has 0 spiro atoms. The minimum absolute atomic E-state index is 0.0130. The van der Waals surface area contributed by atoms with Crippen molar-refractivity contribution in [3.8, 4) is 0 Å². The number of nitro groups is 1. The van der Waals surface area contributed by atoms with Crippen LogP contribution >= 0.6 is 23.4 Å². The summed E-state index contributed by atoms with van der Waals surface area (Å²) in [7, 11) is 0. The summed E-state index contributed by atoms with van der Waals surface area (Å²) >= 11 is 7.52. The molecule has 2 aromatic rings. The maximum atomic E-state index is 12.8. The third-order valence-corrected chi connectivity index (χ3v) is 5.32. The summed E-state index contributed by atoms with van der Waals surface area (Å²) in [5.74, 6) is -0.106. The topological polar surface area (TPSA) is 137 Å². The van der Waals surface area contributed by atoms with Crippen LogP contribution in [0.15, 0.2) is 22.7 Å². The third kappa shape index (κ3) is 6.67. The first-order valence-electron chi connectivity index (χ1n) is 9.72. The molecular formula is C20H25ClN4O6S. The Labute approximate surface area is 194 Å². The van der Waals surface area contributed by atoms with Gasteiger partial charge < -0.3 is 14.6 Å². The first-order valence-corrected chi connectivity index (χ1v) is 11.5. The zero-order chi connectivity index (χ0) is 24.1. The molecule has 2 rings (SSSR count). The van der Waals surface area contributed by atoms with Crippen LogP contribution in [0, 0.1) is 10.1 Å². The first-order chi connectivity index (χ1) is 14.9. The second-order valence-corrected chi connectivity index (χ2v) is 9.41. The highest BCUT2D eigenvalue weighted by atomic mass is 35.5. The third-order valence-electron chi connectivity index (χ3n) is 4.36. The van der Waals surface area contributed by atoms with E-state index in [1.165, 1.54) is 23.9 Å². The Morgan fingerprint density at radius 2 is 2.06 bits per heavy atom. The van der Waals surface area contributed by atoms with Gasteiger partial charge in [-0.2, -0.15) is 16.7 Å². The predicted molar refractivity (Wildman–Crippen MR) is 120 cm³/mol. The number of ether oxygens (including phenoxy) is 1. The van der Waals surface area contributed by atoms with E-state index in [9.17, 15) is 19.7 Å². The fourth-order valence-electron chi connectivity index (χ4n) is 2.53. The van der Waals surface area contributed by atoms with Gasteiger partial charge in [0, 0.05) is 17.5 Å². The van der Waals surface area contributed by atoms with Gasteiger partial charge in [0.05, 0.1) is 15.5 Å². The smallest absolute Gasteiger partial charge is 0.329 e. The quantitative estimate of drug-likeness (QED) is 0.317. The largest absolute Gasteiger partial charge is 0.451 e. The van der Waals surface area contributed by atoms with Crippen LogP contribution < -0.4 is 5.32 Å². The van der Waals surface area contributed by atoms with E-state index in [2.05, 4.69) is 15.5 Å². The van der Waals surface area contributed by atoms with Crippen molar-refractivity contribution in [2.24, 2.45) is 0 Å². The number of thioether (sulfide) groups is 1. The van der Waals surface area contributed by atoms with E-state index in [-0.39, 0.29) is 27.6 Å². The van der Waals surface area contributed by atoms with Crippen molar-refractivity contribution in [2.75, 3.05) is 12.0 Å². The van der Waals surface area contributed by atoms with E-state index in [0.717, 1.165) is 6.07 Å². The van der Waals surface area contributed by atoms with Crippen LogP contribution in [0.5, 0.6) is 0 Å². The van der Waals surface area contributed by atoms with Crippen molar-refractivity contribution < 1.29 is 23.8 Å². The van der Waals surface area contributed by atoms with E-state index >= 15 is 0 Å². The average Bonchev–Trinajstić information content (AvgIpc) is 3.21. The molecule has 174 valence electrons. The molecule has 10 nitrogen and oxygen atoms in total. The van der Waals surface area contributed by atoms with E-state index in [0.29, 0.717) is 18.0 Å². The van der Waals surface area contributed by atoms with Gasteiger partial charge in [0.2, 0.25) is 0 Å². The van der Waals surface area contributed by atoms with Crippen LogP contribution in [0.25, 0.3) is 0 Å². The van der Waals surface area contributed by atoms with Crippen LogP contribution in [0.4, 0.5) is 5.69 Å². The van der Waals surface area contributed by atoms with Crippen LogP contribution in [-0.2, 0) is 14.9 Å². The SMILES string of the molecule is CSCC[C@H](NC(=O)c1ccc([N+](=O)[O-])cc1Cl)C(=O)O[C@H](C)c1nc(C(C)(C)C)no1. The molecule has 1 aromatic heterocycles. The highest BCUT2D eigenvalue weighted by Crippen LogP contribution is 2.24. The summed E-state index contributed by atoms with van der Waals surface area (Å²) in [6.07, 6.45) is 1.36. The standard InChI is InChI=1S/C20H25ClN4O6S/c1-11(17-23-19(24-31-17)20(2,3)4)30-18(27)15(8-9-32-5)22-16(26)13-7-6-12(25(28)29)10-14(13)21/h6-7,10-11,15H,8-9H2,1-5H3,(H,22,26)/t11-,15+/m1/s1. The molecular weight excluding hydrogens is 460 g/mol. The van der Waals surface area contributed by atoms with Crippen LogP contribution in [-0.4, -0.2) is 45.0 Å². The number of halogens is 1. The number of carbonyl (C=O) groups excluding carboxylic acids is 2. The van der Waals surface area contributed by atoms with E-state index in [1.807, 2.05) is 27.0 Å². The molecule has 0 saturated carbocycles. The highest BCUT2D eigenvalue weighted by molar-refractivity contribution is 7.98. The molecule has 0 saturated heterocycles. The van der Waals surface area contributed by atoms with Crippen molar-refractivity contribution in [3.05, 3.63) is 50.6 Å².